The van der Waals surface area contributed by atoms with Crippen molar-refractivity contribution in [3.63, 3.8) is 0 Å². The van der Waals surface area contributed by atoms with E-state index >= 15 is 0 Å². The van der Waals surface area contributed by atoms with E-state index in [2.05, 4.69) is 0 Å². The predicted octanol–water partition coefficient (Wildman–Crippen LogP) is 3.40. The number of furan rings is 2. The number of hydrogen-bond acceptors (Lipinski definition) is 5. The van der Waals surface area contributed by atoms with E-state index in [1.807, 2.05) is 26.0 Å². The number of benzene rings is 1. The van der Waals surface area contributed by atoms with Crippen LogP contribution >= 0.6 is 0 Å². The van der Waals surface area contributed by atoms with Gasteiger partial charge >= 0.3 is 0 Å². The van der Waals surface area contributed by atoms with Crippen LogP contribution in [0.25, 0.3) is 11.0 Å². The molecule has 6 nitrogen and oxygen atoms in total. The van der Waals surface area contributed by atoms with E-state index in [0.717, 1.165) is 27.7 Å². The van der Waals surface area contributed by atoms with Gasteiger partial charge in [0.15, 0.2) is 9.84 Å². The quantitative estimate of drug-likeness (QED) is 0.655. The topological polar surface area (TPSA) is 80.7 Å². The Balaban J connectivity index is 1.61. The molecule has 1 aromatic carbocycles. The highest BCUT2D eigenvalue weighted by Gasteiger charge is 2.35. The molecule has 0 bridgehead atoms. The fraction of sp³-hybridized carbons (Fsp3) is 0.381. The maximum absolute atomic E-state index is 13.2. The second-order valence-corrected chi connectivity index (χ2v) is 9.71. The molecule has 3 aromatic rings. The summed E-state index contributed by atoms with van der Waals surface area (Å²) in [6.45, 7) is 4.28. The summed E-state index contributed by atoms with van der Waals surface area (Å²) in [6, 6.07) is 7.22. The minimum atomic E-state index is -3.10. The molecule has 1 fully saturated rings. The van der Waals surface area contributed by atoms with Crippen LogP contribution in [0.2, 0.25) is 0 Å². The normalized spacial score (nSPS) is 18.6. The van der Waals surface area contributed by atoms with Crippen molar-refractivity contribution in [3.8, 4) is 0 Å². The Hall–Kier alpha value is -2.54. The van der Waals surface area contributed by atoms with Gasteiger partial charge in [-0.25, -0.2) is 8.42 Å². The van der Waals surface area contributed by atoms with Gasteiger partial charge in [0.1, 0.15) is 11.3 Å². The van der Waals surface area contributed by atoms with E-state index in [1.165, 1.54) is 0 Å². The molecule has 1 aliphatic rings. The standard InChI is InChI=1S/C21H23NO5S/c1-14-5-6-19-16(12-27-21(19)15(14)2)10-20(23)22(11-18-4-3-8-26-18)17-7-9-28(24,25)13-17/h3-6,8,12,17H,7,9-11,13H2,1-2H3. The molecular formula is C21H23NO5S. The number of sulfone groups is 1. The third kappa shape index (κ3) is 3.58. The molecule has 1 unspecified atom stereocenters. The molecule has 2 aromatic heterocycles. The number of carbonyl (C=O) groups excluding carboxylic acids is 1. The van der Waals surface area contributed by atoms with E-state index in [0.29, 0.717) is 12.2 Å². The fourth-order valence-corrected chi connectivity index (χ4v) is 5.53. The lowest BCUT2D eigenvalue weighted by Gasteiger charge is -2.27. The molecule has 0 saturated carbocycles. The molecular weight excluding hydrogens is 378 g/mol. The summed E-state index contributed by atoms with van der Waals surface area (Å²) >= 11 is 0. The zero-order valence-corrected chi connectivity index (χ0v) is 16.8. The average Bonchev–Trinajstić information content (AvgIpc) is 3.37. The summed E-state index contributed by atoms with van der Waals surface area (Å²) in [7, 11) is -3.10. The van der Waals surface area contributed by atoms with E-state index in [4.69, 9.17) is 8.83 Å². The van der Waals surface area contributed by atoms with Crippen molar-refractivity contribution >= 4 is 26.7 Å². The summed E-state index contributed by atoms with van der Waals surface area (Å²) in [6.07, 6.45) is 3.80. The van der Waals surface area contributed by atoms with Crippen molar-refractivity contribution in [1.82, 2.24) is 4.90 Å². The Morgan fingerprint density at radius 3 is 2.71 bits per heavy atom. The van der Waals surface area contributed by atoms with Gasteiger partial charge in [-0.05, 0) is 43.5 Å². The summed E-state index contributed by atoms with van der Waals surface area (Å²) in [4.78, 5) is 14.8. The van der Waals surface area contributed by atoms with Crippen molar-refractivity contribution in [2.75, 3.05) is 11.5 Å². The Morgan fingerprint density at radius 2 is 2.04 bits per heavy atom. The average molecular weight is 401 g/mol. The Kier molecular flexibility index (Phi) is 4.79. The third-order valence-electron chi connectivity index (χ3n) is 5.56. The lowest BCUT2D eigenvalue weighted by molar-refractivity contribution is -0.133. The summed E-state index contributed by atoms with van der Waals surface area (Å²) in [5, 5.41) is 0.924. The molecule has 1 atom stereocenters. The van der Waals surface area contributed by atoms with Crippen LogP contribution in [0.1, 0.15) is 28.9 Å². The van der Waals surface area contributed by atoms with Gasteiger partial charge in [0.25, 0.3) is 0 Å². The molecule has 1 amide bonds. The van der Waals surface area contributed by atoms with Crippen molar-refractivity contribution in [2.24, 2.45) is 0 Å². The first-order valence-corrected chi connectivity index (χ1v) is 11.1. The fourth-order valence-electron chi connectivity index (χ4n) is 3.80. The lowest BCUT2D eigenvalue weighted by Crippen LogP contribution is -2.41. The minimum Gasteiger partial charge on any atom is -0.467 e. The van der Waals surface area contributed by atoms with E-state index in [9.17, 15) is 13.2 Å². The maximum Gasteiger partial charge on any atom is 0.227 e. The highest BCUT2D eigenvalue weighted by Crippen LogP contribution is 2.28. The highest BCUT2D eigenvalue weighted by molar-refractivity contribution is 7.91. The van der Waals surface area contributed by atoms with Crippen LogP contribution in [0.3, 0.4) is 0 Å². The molecule has 1 aliphatic heterocycles. The largest absolute Gasteiger partial charge is 0.467 e. The molecule has 0 spiro atoms. The molecule has 3 heterocycles. The van der Waals surface area contributed by atoms with Crippen LogP contribution in [0.4, 0.5) is 0 Å². The van der Waals surface area contributed by atoms with Crippen LogP contribution in [0.5, 0.6) is 0 Å². The number of aryl methyl sites for hydroxylation is 2. The number of amides is 1. The van der Waals surface area contributed by atoms with Gasteiger partial charge < -0.3 is 13.7 Å². The smallest absolute Gasteiger partial charge is 0.227 e. The number of nitrogens with zero attached hydrogens (tertiary/aromatic N) is 1. The third-order valence-corrected chi connectivity index (χ3v) is 7.31. The van der Waals surface area contributed by atoms with Crippen molar-refractivity contribution in [1.29, 1.82) is 0 Å². The van der Waals surface area contributed by atoms with Gasteiger partial charge in [-0.3, -0.25) is 4.79 Å². The van der Waals surface area contributed by atoms with Gasteiger partial charge in [0.05, 0.1) is 37.0 Å². The van der Waals surface area contributed by atoms with Crippen molar-refractivity contribution in [2.45, 2.75) is 39.3 Å². The van der Waals surface area contributed by atoms with Crippen molar-refractivity contribution < 1.29 is 22.0 Å². The van der Waals surface area contributed by atoms with Crippen LogP contribution in [0, 0.1) is 13.8 Å². The first-order chi connectivity index (χ1) is 13.3. The zero-order chi connectivity index (χ0) is 19.9. The lowest BCUT2D eigenvalue weighted by atomic mass is 10.0. The molecule has 28 heavy (non-hydrogen) atoms. The Bertz CT molecular complexity index is 1110. The number of carbonyl (C=O) groups is 1. The maximum atomic E-state index is 13.2. The number of hydrogen-bond donors (Lipinski definition) is 0. The number of fused-ring (bicyclic) bond motifs is 1. The number of rotatable bonds is 5. The predicted molar refractivity (Wildman–Crippen MR) is 106 cm³/mol. The zero-order valence-electron chi connectivity index (χ0n) is 16.0. The second kappa shape index (κ2) is 7.13. The van der Waals surface area contributed by atoms with E-state index < -0.39 is 9.84 Å². The van der Waals surface area contributed by atoms with E-state index in [1.54, 1.807) is 29.6 Å². The molecule has 0 N–H and O–H groups in total. The van der Waals surface area contributed by atoms with Gasteiger partial charge in [0.2, 0.25) is 5.91 Å². The van der Waals surface area contributed by atoms with Crippen LogP contribution in [-0.2, 0) is 27.6 Å². The molecule has 0 radical (unpaired) electrons. The monoisotopic (exact) mass is 401 g/mol. The van der Waals surface area contributed by atoms with Gasteiger partial charge in [-0.15, -0.1) is 0 Å². The van der Waals surface area contributed by atoms with Crippen LogP contribution in [0.15, 0.2) is 45.6 Å². The van der Waals surface area contributed by atoms with E-state index in [-0.39, 0.29) is 36.4 Å². The molecule has 4 rings (SSSR count). The molecule has 1 saturated heterocycles. The summed E-state index contributed by atoms with van der Waals surface area (Å²) < 4.78 is 35.0. The Labute approximate surface area is 164 Å². The highest BCUT2D eigenvalue weighted by atomic mass is 32.2. The molecule has 148 valence electrons. The summed E-state index contributed by atoms with van der Waals surface area (Å²) in [5.74, 6) is 0.636. The first-order valence-electron chi connectivity index (χ1n) is 9.32. The van der Waals surface area contributed by atoms with Gasteiger partial charge in [-0.1, -0.05) is 12.1 Å². The molecule has 7 heteroatoms. The SMILES string of the molecule is Cc1ccc2c(CC(=O)N(Cc3ccco3)C3CCS(=O)(=O)C3)coc2c1C. The van der Waals surface area contributed by atoms with Crippen molar-refractivity contribution in [3.05, 3.63) is 59.2 Å². The first kappa shape index (κ1) is 18.8. The van der Waals surface area contributed by atoms with Gasteiger partial charge in [-0.2, -0.15) is 0 Å². The van der Waals surface area contributed by atoms with Crippen LogP contribution < -0.4 is 0 Å². The minimum absolute atomic E-state index is 0.00386. The second-order valence-electron chi connectivity index (χ2n) is 7.48. The Morgan fingerprint density at radius 1 is 1.21 bits per heavy atom. The summed E-state index contributed by atoms with van der Waals surface area (Å²) in [5.41, 5.74) is 3.80. The van der Waals surface area contributed by atoms with Crippen LogP contribution in [-0.4, -0.2) is 36.8 Å². The molecule has 0 aliphatic carbocycles. The van der Waals surface area contributed by atoms with Gasteiger partial charge in [0, 0.05) is 17.0 Å².